The zero-order valence-electron chi connectivity index (χ0n) is 12.6. The molecule has 2 aliphatic rings. The highest BCUT2D eigenvalue weighted by Gasteiger charge is 2.37. The summed E-state index contributed by atoms with van der Waals surface area (Å²) in [5.41, 5.74) is 0.130. The summed E-state index contributed by atoms with van der Waals surface area (Å²) in [6, 6.07) is 2.60. The topological polar surface area (TPSA) is 49.9 Å². The molecule has 1 atom stereocenters. The molecule has 2 heterocycles. The summed E-state index contributed by atoms with van der Waals surface area (Å²) in [5.74, 6) is -2.37. The van der Waals surface area contributed by atoms with Gasteiger partial charge in [0.15, 0.2) is 0 Å². The maximum atomic E-state index is 14.0. The van der Waals surface area contributed by atoms with Crippen molar-refractivity contribution in [3.63, 3.8) is 0 Å². The van der Waals surface area contributed by atoms with Gasteiger partial charge in [-0.2, -0.15) is 0 Å². The molecule has 0 saturated carbocycles. The summed E-state index contributed by atoms with van der Waals surface area (Å²) < 4.78 is 32.6. The third kappa shape index (κ3) is 3.19. The van der Waals surface area contributed by atoms with Crippen molar-refractivity contribution >= 4 is 11.8 Å². The molecule has 1 aromatic rings. The minimum absolute atomic E-state index is 0.130. The van der Waals surface area contributed by atoms with E-state index in [4.69, 9.17) is 4.74 Å². The first kappa shape index (κ1) is 15.9. The minimum atomic E-state index is -0.655. The first-order valence-electron chi connectivity index (χ1n) is 7.70. The molecule has 23 heavy (non-hydrogen) atoms. The standard InChI is InChI=1S/C16H18F2N2O3/c17-11-3-4-13(18)12(10-11)14-2-1-5-20(14)16(22)15(21)19-6-8-23-9-7-19/h3-4,10,14H,1-2,5-9H2. The number of benzene rings is 1. The Morgan fingerprint density at radius 3 is 2.57 bits per heavy atom. The van der Waals surface area contributed by atoms with Crippen LogP contribution in [-0.2, 0) is 14.3 Å². The van der Waals surface area contributed by atoms with Gasteiger partial charge in [0.1, 0.15) is 11.6 Å². The van der Waals surface area contributed by atoms with Gasteiger partial charge in [-0.3, -0.25) is 9.59 Å². The molecule has 3 rings (SSSR count). The van der Waals surface area contributed by atoms with Crippen LogP contribution in [0.15, 0.2) is 18.2 Å². The lowest BCUT2D eigenvalue weighted by molar-refractivity contribution is -0.154. The molecule has 0 bridgehead atoms. The summed E-state index contributed by atoms with van der Waals surface area (Å²) in [6.45, 7) is 1.92. The highest BCUT2D eigenvalue weighted by molar-refractivity contribution is 6.35. The number of ether oxygens (including phenoxy) is 1. The predicted octanol–water partition coefficient (Wildman–Crippen LogP) is 1.49. The molecular formula is C16H18F2N2O3. The Kier molecular flexibility index (Phi) is 4.56. The largest absolute Gasteiger partial charge is 0.378 e. The quantitative estimate of drug-likeness (QED) is 0.736. The van der Waals surface area contributed by atoms with E-state index in [2.05, 4.69) is 0 Å². The average molecular weight is 324 g/mol. The Hall–Kier alpha value is -2.02. The van der Waals surface area contributed by atoms with Crippen molar-refractivity contribution in [2.75, 3.05) is 32.8 Å². The van der Waals surface area contributed by atoms with E-state index < -0.39 is 29.5 Å². The Morgan fingerprint density at radius 2 is 1.83 bits per heavy atom. The number of carbonyl (C=O) groups is 2. The van der Waals surface area contributed by atoms with E-state index in [1.54, 1.807) is 0 Å². The molecule has 2 aliphatic heterocycles. The number of amides is 2. The van der Waals surface area contributed by atoms with E-state index >= 15 is 0 Å². The van der Waals surface area contributed by atoms with Gasteiger partial charge in [0.25, 0.3) is 0 Å². The second-order valence-electron chi connectivity index (χ2n) is 5.73. The van der Waals surface area contributed by atoms with Crippen LogP contribution in [-0.4, -0.2) is 54.5 Å². The number of halogens is 2. The van der Waals surface area contributed by atoms with Crippen molar-refractivity contribution in [3.8, 4) is 0 Å². The van der Waals surface area contributed by atoms with Gasteiger partial charge in [-0.05, 0) is 31.0 Å². The van der Waals surface area contributed by atoms with Gasteiger partial charge in [-0.1, -0.05) is 0 Å². The molecule has 124 valence electrons. The van der Waals surface area contributed by atoms with Crippen LogP contribution in [0.2, 0.25) is 0 Å². The predicted molar refractivity (Wildman–Crippen MR) is 77.4 cm³/mol. The molecule has 0 spiro atoms. The molecular weight excluding hydrogens is 306 g/mol. The average Bonchev–Trinajstić information content (AvgIpc) is 3.06. The van der Waals surface area contributed by atoms with Gasteiger partial charge < -0.3 is 14.5 Å². The maximum absolute atomic E-state index is 14.0. The van der Waals surface area contributed by atoms with Crippen LogP contribution in [0.5, 0.6) is 0 Å². The van der Waals surface area contributed by atoms with Crippen LogP contribution in [0.1, 0.15) is 24.4 Å². The van der Waals surface area contributed by atoms with Crippen molar-refractivity contribution in [1.82, 2.24) is 9.80 Å². The Balaban J connectivity index is 1.79. The first-order chi connectivity index (χ1) is 11.1. The highest BCUT2D eigenvalue weighted by Crippen LogP contribution is 2.34. The first-order valence-corrected chi connectivity index (χ1v) is 7.70. The molecule has 2 saturated heterocycles. The van der Waals surface area contributed by atoms with E-state index in [1.807, 2.05) is 0 Å². The van der Waals surface area contributed by atoms with Crippen molar-refractivity contribution in [2.45, 2.75) is 18.9 Å². The van der Waals surface area contributed by atoms with Gasteiger partial charge in [0.05, 0.1) is 19.3 Å². The van der Waals surface area contributed by atoms with Crippen LogP contribution < -0.4 is 0 Å². The Labute approximate surface area is 132 Å². The second kappa shape index (κ2) is 6.62. The normalized spacial score (nSPS) is 21.6. The SMILES string of the molecule is O=C(C(=O)N1CCCC1c1cc(F)ccc1F)N1CCOCC1. The molecule has 7 heteroatoms. The second-order valence-corrected chi connectivity index (χ2v) is 5.73. The summed E-state index contributed by atoms with van der Waals surface area (Å²) in [5, 5.41) is 0. The smallest absolute Gasteiger partial charge is 0.312 e. The van der Waals surface area contributed by atoms with Gasteiger partial charge in [-0.25, -0.2) is 8.78 Å². The molecule has 5 nitrogen and oxygen atoms in total. The molecule has 1 unspecified atom stereocenters. The molecule has 2 amide bonds. The number of carbonyl (C=O) groups excluding carboxylic acids is 2. The lowest BCUT2D eigenvalue weighted by atomic mass is 10.0. The fourth-order valence-corrected chi connectivity index (χ4v) is 3.13. The van der Waals surface area contributed by atoms with Crippen LogP contribution in [0, 0.1) is 11.6 Å². The van der Waals surface area contributed by atoms with E-state index in [9.17, 15) is 18.4 Å². The van der Waals surface area contributed by atoms with E-state index in [-0.39, 0.29) is 5.56 Å². The fraction of sp³-hybridized carbons (Fsp3) is 0.500. The molecule has 0 aromatic heterocycles. The minimum Gasteiger partial charge on any atom is -0.378 e. The monoisotopic (exact) mass is 324 g/mol. The summed E-state index contributed by atoms with van der Waals surface area (Å²) in [4.78, 5) is 27.6. The van der Waals surface area contributed by atoms with Crippen molar-refractivity contribution in [3.05, 3.63) is 35.4 Å². The van der Waals surface area contributed by atoms with E-state index in [0.29, 0.717) is 45.7 Å². The van der Waals surface area contributed by atoms with Crippen molar-refractivity contribution in [2.24, 2.45) is 0 Å². The fourth-order valence-electron chi connectivity index (χ4n) is 3.13. The number of hydrogen-bond acceptors (Lipinski definition) is 3. The summed E-state index contributed by atoms with van der Waals surface area (Å²) in [6.07, 6.45) is 1.17. The number of nitrogens with zero attached hydrogens (tertiary/aromatic N) is 2. The van der Waals surface area contributed by atoms with Gasteiger partial charge in [-0.15, -0.1) is 0 Å². The number of rotatable bonds is 1. The Morgan fingerprint density at radius 1 is 1.09 bits per heavy atom. The number of likely N-dealkylation sites (tertiary alicyclic amines) is 1. The van der Waals surface area contributed by atoms with Gasteiger partial charge in [0.2, 0.25) is 0 Å². The summed E-state index contributed by atoms with van der Waals surface area (Å²) >= 11 is 0. The number of morpholine rings is 1. The maximum Gasteiger partial charge on any atom is 0.312 e. The van der Waals surface area contributed by atoms with Crippen molar-refractivity contribution < 1.29 is 23.1 Å². The molecule has 0 radical (unpaired) electrons. The van der Waals surface area contributed by atoms with Crippen LogP contribution in [0.4, 0.5) is 8.78 Å². The van der Waals surface area contributed by atoms with Crippen LogP contribution in [0.3, 0.4) is 0 Å². The zero-order chi connectivity index (χ0) is 16.4. The molecule has 2 fully saturated rings. The van der Waals surface area contributed by atoms with E-state index in [1.165, 1.54) is 9.80 Å². The van der Waals surface area contributed by atoms with E-state index in [0.717, 1.165) is 18.2 Å². The third-order valence-electron chi connectivity index (χ3n) is 4.31. The molecule has 0 N–H and O–H groups in total. The van der Waals surface area contributed by atoms with Crippen LogP contribution >= 0.6 is 0 Å². The highest BCUT2D eigenvalue weighted by atomic mass is 19.1. The molecule has 0 aliphatic carbocycles. The zero-order valence-corrected chi connectivity index (χ0v) is 12.6. The Bertz CT molecular complexity index is 617. The van der Waals surface area contributed by atoms with Crippen molar-refractivity contribution in [1.29, 1.82) is 0 Å². The third-order valence-corrected chi connectivity index (χ3v) is 4.31. The lowest BCUT2D eigenvalue weighted by Crippen LogP contribution is -2.49. The number of hydrogen-bond donors (Lipinski definition) is 0. The lowest BCUT2D eigenvalue weighted by Gasteiger charge is -2.30. The van der Waals surface area contributed by atoms with Gasteiger partial charge in [0, 0.05) is 25.2 Å². The van der Waals surface area contributed by atoms with Crippen LogP contribution in [0.25, 0.3) is 0 Å². The molecule has 1 aromatic carbocycles. The summed E-state index contributed by atoms with van der Waals surface area (Å²) in [7, 11) is 0. The van der Waals surface area contributed by atoms with Gasteiger partial charge >= 0.3 is 11.8 Å².